The molecule has 2 nitrogen and oxygen atoms in total. The van der Waals surface area contributed by atoms with Gasteiger partial charge in [0.25, 0.3) is 0 Å². The highest BCUT2D eigenvalue weighted by atomic mass is 15.1. The SMILES string of the molecule is CC1(C)c2ccccc2-c2ccc(N(c3ccc4c(c3)C(C)(C)c3ccccc3-4)c3ccc4c(c3)C(c3ccccc3)(C3(c5ccccc5)c5ccccc5-c5ccc(N(c6ccc7c(c6)C(C)(C)c6ccccc6-7)c6ccc7c(c6)C(C)(C)c6ccccc6-7)cc53)c3ccccc3-4)cc21. The first-order valence-electron chi connectivity index (χ1n) is 35.8. The number of nitrogens with zero attached hydrogens (tertiary/aromatic N) is 2. The Morgan fingerprint density at radius 2 is 0.340 bits per heavy atom. The van der Waals surface area contributed by atoms with Crippen LogP contribution in [-0.2, 0) is 32.5 Å². The third kappa shape index (κ3) is 7.58. The summed E-state index contributed by atoms with van der Waals surface area (Å²) in [5, 5.41) is 0. The molecule has 478 valence electrons. The van der Waals surface area contributed by atoms with Crippen LogP contribution in [0.4, 0.5) is 34.1 Å². The van der Waals surface area contributed by atoms with E-state index in [4.69, 9.17) is 0 Å². The van der Waals surface area contributed by atoms with E-state index >= 15 is 0 Å². The molecule has 0 aromatic heterocycles. The van der Waals surface area contributed by atoms with Crippen LogP contribution in [0.15, 0.2) is 315 Å². The van der Waals surface area contributed by atoms with Gasteiger partial charge in [-0.1, -0.05) is 298 Å². The van der Waals surface area contributed by atoms with E-state index < -0.39 is 10.8 Å². The molecule has 0 heterocycles. The Kier molecular flexibility index (Phi) is 12.1. The van der Waals surface area contributed by atoms with E-state index in [2.05, 4.69) is 381 Å². The molecule has 2 heteroatoms. The first-order chi connectivity index (χ1) is 48.6. The van der Waals surface area contributed by atoms with E-state index in [0.29, 0.717) is 0 Å². The van der Waals surface area contributed by atoms with Crippen molar-refractivity contribution in [3.8, 4) is 66.8 Å². The van der Waals surface area contributed by atoms with Crippen molar-refractivity contribution in [3.63, 3.8) is 0 Å². The molecule has 0 aliphatic heterocycles. The zero-order chi connectivity index (χ0) is 67.4. The standard InChI is InChI=1S/C98H76N2/c1-93(2)81-37-21-15-31-69(81)75-49-43-63(55-87(75)93)99(64-44-50-76-70-32-16-22-38-82(70)94(3,4)88(76)56-64)67-47-53-79-73-35-19-25-41-85(73)97(91(79)59-67,61-27-11-9-12-28-61)98(62-29-13-10-14-30-62)86-42-26-20-36-74(86)80-54-48-68(60-92(80)98)100(65-45-51-77-71-33-17-23-39-83(71)95(5,6)89(77)57-65)66-46-52-78-72-34-18-24-40-84(72)96(7,8)90(78)58-66/h9-60H,1-8H3. The number of rotatable bonds is 9. The van der Waals surface area contributed by atoms with Gasteiger partial charge in [0.1, 0.15) is 0 Å². The highest BCUT2D eigenvalue weighted by Gasteiger charge is 2.64. The van der Waals surface area contributed by atoms with E-state index in [1.54, 1.807) is 0 Å². The second-order valence-electron chi connectivity index (χ2n) is 31.1. The second kappa shape index (κ2) is 20.6. The van der Waals surface area contributed by atoms with Crippen molar-refractivity contribution in [2.75, 3.05) is 9.80 Å². The lowest BCUT2D eigenvalue weighted by Gasteiger charge is -2.51. The van der Waals surface area contributed by atoms with E-state index in [1.807, 2.05) is 0 Å². The molecule has 0 amide bonds. The molecule has 0 saturated carbocycles. The summed E-state index contributed by atoms with van der Waals surface area (Å²) >= 11 is 0. The van der Waals surface area contributed by atoms with Crippen LogP contribution in [-0.4, -0.2) is 0 Å². The zero-order valence-corrected chi connectivity index (χ0v) is 57.9. The topological polar surface area (TPSA) is 6.48 Å². The summed E-state index contributed by atoms with van der Waals surface area (Å²) < 4.78 is 0. The molecule has 0 bridgehead atoms. The van der Waals surface area contributed by atoms with Gasteiger partial charge in [0.15, 0.2) is 0 Å². The lowest BCUT2D eigenvalue weighted by Crippen LogP contribution is -2.50. The summed E-state index contributed by atoms with van der Waals surface area (Å²) in [5.41, 5.74) is 37.9. The summed E-state index contributed by atoms with van der Waals surface area (Å²) in [4.78, 5) is 5.18. The minimum absolute atomic E-state index is 0.219. The minimum atomic E-state index is -0.899. The Morgan fingerprint density at radius 3 is 0.590 bits per heavy atom. The van der Waals surface area contributed by atoms with Crippen molar-refractivity contribution in [2.45, 2.75) is 87.9 Å². The molecule has 20 rings (SSSR count). The molecule has 2 unspecified atom stereocenters. The molecular weight excluding hydrogens is 1210 g/mol. The Hall–Kier alpha value is -11.3. The van der Waals surface area contributed by atoms with E-state index in [-0.39, 0.29) is 21.7 Å². The number of hydrogen-bond donors (Lipinski definition) is 0. The Morgan fingerprint density at radius 1 is 0.160 bits per heavy atom. The smallest absolute Gasteiger partial charge is 0.0642 e. The van der Waals surface area contributed by atoms with Crippen LogP contribution >= 0.6 is 0 Å². The third-order valence-corrected chi connectivity index (χ3v) is 24.9. The van der Waals surface area contributed by atoms with Gasteiger partial charge in [-0.3, -0.25) is 0 Å². The van der Waals surface area contributed by atoms with Gasteiger partial charge in [-0.25, -0.2) is 0 Å². The molecular formula is C98H76N2. The van der Waals surface area contributed by atoms with Crippen molar-refractivity contribution in [1.82, 2.24) is 0 Å². The summed E-state index contributed by atoms with van der Waals surface area (Å²) in [5.74, 6) is 0. The van der Waals surface area contributed by atoms with Crippen LogP contribution in [0.1, 0.15) is 133 Å². The second-order valence-corrected chi connectivity index (χ2v) is 31.1. The Labute approximate surface area is 588 Å². The van der Waals surface area contributed by atoms with Crippen molar-refractivity contribution in [3.05, 3.63) is 393 Å². The van der Waals surface area contributed by atoms with Crippen molar-refractivity contribution in [2.24, 2.45) is 0 Å². The summed E-state index contributed by atoms with van der Waals surface area (Å²) in [6.45, 7) is 19.3. The predicted octanol–water partition coefficient (Wildman–Crippen LogP) is 25.2. The molecule has 0 fully saturated rings. The molecule has 6 aliphatic carbocycles. The molecule has 0 spiro atoms. The van der Waals surface area contributed by atoms with Gasteiger partial charge in [0.05, 0.1) is 10.8 Å². The quantitative estimate of drug-likeness (QED) is 0.142. The van der Waals surface area contributed by atoms with Gasteiger partial charge in [-0.05, 0) is 217 Å². The van der Waals surface area contributed by atoms with Gasteiger partial charge < -0.3 is 9.80 Å². The monoisotopic (exact) mass is 1280 g/mol. The normalized spacial score (nSPS) is 18.2. The largest absolute Gasteiger partial charge is 0.310 e. The molecule has 14 aromatic carbocycles. The highest BCUT2D eigenvalue weighted by Crippen LogP contribution is 2.71. The van der Waals surface area contributed by atoms with Gasteiger partial charge in [-0.15, -0.1) is 0 Å². The molecule has 0 saturated heterocycles. The Bertz CT molecular complexity index is 5250. The predicted molar refractivity (Wildman–Crippen MR) is 416 cm³/mol. The van der Waals surface area contributed by atoms with Crippen molar-refractivity contribution < 1.29 is 0 Å². The molecule has 6 aliphatic rings. The molecule has 0 radical (unpaired) electrons. The first-order valence-corrected chi connectivity index (χ1v) is 35.8. The molecule has 2 atom stereocenters. The minimum Gasteiger partial charge on any atom is -0.310 e. The maximum absolute atomic E-state index is 2.62. The maximum Gasteiger partial charge on any atom is 0.0642 e. The molecule has 0 N–H and O–H groups in total. The number of hydrogen-bond acceptors (Lipinski definition) is 2. The average molecular weight is 1280 g/mol. The maximum atomic E-state index is 2.62. The lowest BCUT2D eigenvalue weighted by atomic mass is 9.49. The fraction of sp³-hybridized carbons (Fsp3) is 0.143. The number of benzene rings is 14. The van der Waals surface area contributed by atoms with Gasteiger partial charge in [-0.2, -0.15) is 0 Å². The lowest BCUT2D eigenvalue weighted by molar-refractivity contribution is 0.437. The van der Waals surface area contributed by atoms with Crippen LogP contribution in [0, 0.1) is 0 Å². The van der Waals surface area contributed by atoms with E-state index in [0.717, 1.165) is 34.1 Å². The van der Waals surface area contributed by atoms with Gasteiger partial charge in [0, 0.05) is 55.8 Å². The van der Waals surface area contributed by atoms with Crippen LogP contribution in [0.25, 0.3) is 66.8 Å². The van der Waals surface area contributed by atoms with Crippen molar-refractivity contribution in [1.29, 1.82) is 0 Å². The number of fused-ring (bicyclic) bond motifs is 18. The van der Waals surface area contributed by atoms with Gasteiger partial charge >= 0.3 is 0 Å². The summed E-state index contributed by atoms with van der Waals surface area (Å²) in [7, 11) is 0. The van der Waals surface area contributed by atoms with E-state index in [1.165, 1.54) is 145 Å². The Balaban J connectivity index is 0.870. The average Bonchev–Trinajstić information content (AvgIpc) is 1.53. The zero-order valence-electron chi connectivity index (χ0n) is 57.9. The molecule has 14 aromatic rings. The number of anilines is 6. The molecule has 100 heavy (non-hydrogen) atoms. The third-order valence-electron chi connectivity index (χ3n) is 24.9. The van der Waals surface area contributed by atoms with Gasteiger partial charge in [0.2, 0.25) is 0 Å². The van der Waals surface area contributed by atoms with Crippen LogP contribution in [0.3, 0.4) is 0 Å². The van der Waals surface area contributed by atoms with Crippen molar-refractivity contribution >= 4 is 34.1 Å². The van der Waals surface area contributed by atoms with E-state index in [9.17, 15) is 0 Å². The van der Waals surface area contributed by atoms with Crippen LogP contribution < -0.4 is 9.80 Å². The highest BCUT2D eigenvalue weighted by molar-refractivity contribution is 5.98. The van der Waals surface area contributed by atoms with Crippen LogP contribution in [0.2, 0.25) is 0 Å². The van der Waals surface area contributed by atoms with Crippen LogP contribution in [0.5, 0.6) is 0 Å². The first kappa shape index (κ1) is 58.8. The fourth-order valence-electron chi connectivity index (χ4n) is 20.3. The summed E-state index contributed by atoms with van der Waals surface area (Å²) in [6.07, 6.45) is 0. The fourth-order valence-corrected chi connectivity index (χ4v) is 20.3. The summed E-state index contributed by atoms with van der Waals surface area (Å²) in [6, 6.07) is 123.